The number of carbonyl (C=O) groups is 1. The van der Waals surface area contributed by atoms with E-state index in [0.717, 1.165) is 12.5 Å². The van der Waals surface area contributed by atoms with Gasteiger partial charge in [0, 0.05) is 0 Å². The molecule has 12 heavy (non-hydrogen) atoms. The number of esters is 1. The fourth-order valence-electron chi connectivity index (χ4n) is 2.57. The van der Waals surface area contributed by atoms with Crippen LogP contribution in [0.25, 0.3) is 0 Å². The minimum Gasteiger partial charge on any atom is -0.468 e. The highest BCUT2D eigenvalue weighted by Crippen LogP contribution is 2.37. The molecule has 1 saturated heterocycles. The second-order valence-electron chi connectivity index (χ2n) is 3.76. The molecule has 0 aromatic heterocycles. The van der Waals surface area contributed by atoms with Crippen LogP contribution in [0.3, 0.4) is 0 Å². The van der Waals surface area contributed by atoms with Crippen molar-refractivity contribution in [2.24, 2.45) is 11.8 Å². The van der Waals surface area contributed by atoms with E-state index >= 15 is 0 Å². The van der Waals surface area contributed by atoms with Crippen LogP contribution in [0.5, 0.6) is 0 Å². The molecule has 3 atom stereocenters. The number of hydrogen-bond acceptors (Lipinski definition) is 3. The monoisotopic (exact) mass is 169 g/mol. The smallest absolute Gasteiger partial charge is 0.323 e. The highest BCUT2D eigenvalue weighted by Gasteiger charge is 2.42. The van der Waals surface area contributed by atoms with Gasteiger partial charge in [-0.3, -0.25) is 4.79 Å². The van der Waals surface area contributed by atoms with Gasteiger partial charge in [-0.1, -0.05) is 6.42 Å². The van der Waals surface area contributed by atoms with E-state index in [9.17, 15) is 4.79 Å². The molecule has 2 aliphatic rings. The molecular weight excluding hydrogens is 154 g/mol. The Morgan fingerprint density at radius 2 is 2.33 bits per heavy atom. The molecule has 1 heterocycles. The van der Waals surface area contributed by atoms with E-state index in [2.05, 4.69) is 5.32 Å². The zero-order valence-corrected chi connectivity index (χ0v) is 7.38. The van der Waals surface area contributed by atoms with Crippen molar-refractivity contribution in [3.63, 3.8) is 0 Å². The van der Waals surface area contributed by atoms with Crippen LogP contribution in [0, 0.1) is 11.8 Å². The average Bonchev–Trinajstić information content (AvgIpc) is 2.62. The Labute approximate surface area is 72.5 Å². The first-order valence-corrected chi connectivity index (χ1v) is 4.64. The summed E-state index contributed by atoms with van der Waals surface area (Å²) in [5.74, 6) is 1.20. The summed E-state index contributed by atoms with van der Waals surface area (Å²) in [6.07, 6.45) is 3.76. The van der Waals surface area contributed by atoms with Crippen molar-refractivity contribution in [2.75, 3.05) is 13.7 Å². The molecule has 68 valence electrons. The van der Waals surface area contributed by atoms with E-state index in [4.69, 9.17) is 4.74 Å². The van der Waals surface area contributed by atoms with Gasteiger partial charge in [0.25, 0.3) is 0 Å². The van der Waals surface area contributed by atoms with Crippen LogP contribution < -0.4 is 5.32 Å². The van der Waals surface area contributed by atoms with Gasteiger partial charge < -0.3 is 10.1 Å². The molecule has 3 heteroatoms. The van der Waals surface area contributed by atoms with Crippen molar-refractivity contribution in [3.05, 3.63) is 0 Å². The Balaban J connectivity index is 2.04. The maximum atomic E-state index is 11.3. The summed E-state index contributed by atoms with van der Waals surface area (Å²) in [4.78, 5) is 11.3. The number of fused-ring (bicyclic) bond motifs is 1. The van der Waals surface area contributed by atoms with Crippen molar-refractivity contribution in [1.82, 2.24) is 5.32 Å². The molecule has 0 radical (unpaired) electrons. The molecule has 0 bridgehead atoms. The first-order valence-electron chi connectivity index (χ1n) is 4.64. The molecule has 1 aliphatic carbocycles. The standard InChI is InChI=1S/C9H15NO2/c1-12-9(11)8-7-4-2-3-6(7)5-10-8/h6-8,10H,2-5H2,1H3/t6-,7-,8+/m0/s1. The highest BCUT2D eigenvalue weighted by molar-refractivity contribution is 5.76. The molecule has 0 amide bonds. The Hall–Kier alpha value is -0.570. The van der Waals surface area contributed by atoms with Gasteiger partial charge in [-0.25, -0.2) is 0 Å². The molecule has 0 unspecified atom stereocenters. The number of hydrogen-bond donors (Lipinski definition) is 1. The van der Waals surface area contributed by atoms with Crippen LogP contribution in [0.15, 0.2) is 0 Å². The average molecular weight is 169 g/mol. The van der Waals surface area contributed by atoms with Gasteiger partial charge in [-0.15, -0.1) is 0 Å². The summed E-state index contributed by atoms with van der Waals surface area (Å²) in [6, 6.07) is -0.0116. The van der Waals surface area contributed by atoms with E-state index in [1.54, 1.807) is 0 Å². The third kappa shape index (κ3) is 1.12. The van der Waals surface area contributed by atoms with Crippen molar-refractivity contribution >= 4 is 5.97 Å². The maximum absolute atomic E-state index is 11.3. The Morgan fingerprint density at radius 1 is 1.50 bits per heavy atom. The van der Waals surface area contributed by atoms with Crippen LogP contribution in [0.2, 0.25) is 0 Å². The Morgan fingerprint density at radius 3 is 3.08 bits per heavy atom. The Bertz CT molecular complexity index is 193. The van der Waals surface area contributed by atoms with Crippen molar-refractivity contribution in [1.29, 1.82) is 0 Å². The lowest BCUT2D eigenvalue weighted by molar-refractivity contribution is -0.143. The summed E-state index contributed by atoms with van der Waals surface area (Å²) < 4.78 is 4.74. The lowest BCUT2D eigenvalue weighted by Gasteiger charge is -2.14. The lowest BCUT2D eigenvalue weighted by atomic mass is 9.94. The van der Waals surface area contributed by atoms with Crippen molar-refractivity contribution in [3.8, 4) is 0 Å². The quantitative estimate of drug-likeness (QED) is 0.582. The van der Waals surface area contributed by atoms with Gasteiger partial charge >= 0.3 is 5.97 Å². The molecule has 1 saturated carbocycles. The zero-order valence-electron chi connectivity index (χ0n) is 7.38. The molecule has 1 N–H and O–H groups in total. The largest absolute Gasteiger partial charge is 0.468 e. The normalized spacial score (nSPS) is 39.6. The topological polar surface area (TPSA) is 38.3 Å². The summed E-state index contributed by atoms with van der Waals surface area (Å²) in [5.41, 5.74) is 0. The number of nitrogens with one attached hydrogen (secondary N) is 1. The van der Waals surface area contributed by atoms with E-state index in [1.165, 1.54) is 26.4 Å². The Kier molecular flexibility index (Phi) is 2.05. The fourth-order valence-corrected chi connectivity index (χ4v) is 2.57. The highest BCUT2D eigenvalue weighted by atomic mass is 16.5. The third-order valence-electron chi connectivity index (χ3n) is 3.20. The summed E-state index contributed by atoms with van der Waals surface area (Å²) in [7, 11) is 1.46. The predicted octanol–water partition coefficient (Wildman–Crippen LogP) is 0.547. The van der Waals surface area contributed by atoms with Crippen molar-refractivity contribution < 1.29 is 9.53 Å². The van der Waals surface area contributed by atoms with Gasteiger partial charge in [0.05, 0.1) is 7.11 Å². The van der Waals surface area contributed by atoms with Gasteiger partial charge in [-0.2, -0.15) is 0 Å². The minimum absolute atomic E-state index is 0.0116. The lowest BCUT2D eigenvalue weighted by Crippen LogP contribution is -2.36. The SMILES string of the molecule is COC(=O)[C@@H]1NC[C@@H]2CCC[C@@H]21. The first kappa shape index (κ1) is 8.05. The molecule has 0 spiro atoms. The molecule has 0 aromatic carbocycles. The van der Waals surface area contributed by atoms with Crippen LogP contribution in [-0.2, 0) is 9.53 Å². The molecule has 0 aromatic rings. The molecule has 1 aliphatic heterocycles. The molecule has 2 fully saturated rings. The fraction of sp³-hybridized carbons (Fsp3) is 0.889. The number of ether oxygens (including phenoxy) is 1. The number of carbonyl (C=O) groups excluding carboxylic acids is 1. The van der Waals surface area contributed by atoms with E-state index < -0.39 is 0 Å². The molecule has 3 nitrogen and oxygen atoms in total. The summed E-state index contributed by atoms with van der Waals surface area (Å²) in [6.45, 7) is 1.00. The number of methoxy groups -OCH3 is 1. The zero-order chi connectivity index (χ0) is 8.55. The van der Waals surface area contributed by atoms with Crippen LogP contribution in [-0.4, -0.2) is 25.7 Å². The summed E-state index contributed by atoms with van der Waals surface area (Å²) in [5, 5.41) is 3.23. The second kappa shape index (κ2) is 3.05. The van der Waals surface area contributed by atoms with Crippen LogP contribution in [0.4, 0.5) is 0 Å². The van der Waals surface area contributed by atoms with E-state index in [1.807, 2.05) is 0 Å². The van der Waals surface area contributed by atoms with E-state index in [0.29, 0.717) is 5.92 Å². The second-order valence-corrected chi connectivity index (χ2v) is 3.76. The van der Waals surface area contributed by atoms with Crippen LogP contribution in [0.1, 0.15) is 19.3 Å². The third-order valence-corrected chi connectivity index (χ3v) is 3.20. The predicted molar refractivity (Wildman–Crippen MR) is 44.6 cm³/mol. The van der Waals surface area contributed by atoms with Gasteiger partial charge in [0.1, 0.15) is 6.04 Å². The van der Waals surface area contributed by atoms with E-state index in [-0.39, 0.29) is 12.0 Å². The van der Waals surface area contributed by atoms with Gasteiger partial charge in [0.15, 0.2) is 0 Å². The molecular formula is C9H15NO2. The van der Waals surface area contributed by atoms with Gasteiger partial charge in [0.2, 0.25) is 0 Å². The van der Waals surface area contributed by atoms with Gasteiger partial charge in [-0.05, 0) is 31.2 Å². The first-order chi connectivity index (χ1) is 5.83. The maximum Gasteiger partial charge on any atom is 0.323 e. The van der Waals surface area contributed by atoms with Crippen molar-refractivity contribution in [2.45, 2.75) is 25.3 Å². The number of rotatable bonds is 1. The summed E-state index contributed by atoms with van der Waals surface area (Å²) >= 11 is 0. The molecule has 2 rings (SSSR count). The van der Waals surface area contributed by atoms with Crippen LogP contribution >= 0.6 is 0 Å². The minimum atomic E-state index is -0.0793.